The van der Waals surface area contributed by atoms with Gasteiger partial charge < -0.3 is 15.0 Å². The van der Waals surface area contributed by atoms with Gasteiger partial charge in [-0.15, -0.1) is 11.3 Å². The van der Waals surface area contributed by atoms with Crippen molar-refractivity contribution in [3.05, 3.63) is 34.8 Å². The smallest absolute Gasteiger partial charge is 0.275 e. The number of rotatable bonds is 2. The minimum atomic E-state index is -0.272. The molecule has 0 unspecified atom stereocenters. The van der Waals surface area contributed by atoms with E-state index in [9.17, 15) is 9.59 Å². The lowest BCUT2D eigenvalue weighted by molar-refractivity contribution is -0.120. The van der Waals surface area contributed by atoms with E-state index in [1.165, 1.54) is 16.2 Å². The number of nitrogens with zero attached hydrogens (tertiary/aromatic N) is 2. The molecule has 7 heteroatoms. The molecule has 1 aliphatic rings. The van der Waals surface area contributed by atoms with Gasteiger partial charge in [-0.25, -0.2) is 4.98 Å². The molecule has 3 rings (SSSR count). The molecule has 1 aromatic carbocycles. The van der Waals surface area contributed by atoms with Gasteiger partial charge in [-0.05, 0) is 12.1 Å². The van der Waals surface area contributed by atoms with Crippen LogP contribution in [0.5, 0.6) is 5.75 Å². The molecule has 0 saturated carbocycles. The van der Waals surface area contributed by atoms with Gasteiger partial charge in [-0.1, -0.05) is 0 Å². The molecule has 0 fully saturated rings. The number of ether oxygens (including phenoxy) is 1. The Morgan fingerprint density at radius 1 is 1.50 bits per heavy atom. The number of carbonyl (C=O) groups excluding carboxylic acids is 2. The fourth-order valence-electron chi connectivity index (χ4n) is 1.88. The number of fused-ring (bicyclic) bond motifs is 1. The van der Waals surface area contributed by atoms with Crippen molar-refractivity contribution in [1.82, 2.24) is 4.98 Å². The average Bonchev–Trinajstić information content (AvgIpc) is 2.97. The summed E-state index contributed by atoms with van der Waals surface area (Å²) in [6.45, 7) is 0.00693. The maximum atomic E-state index is 11.9. The molecule has 1 N–H and O–H groups in total. The van der Waals surface area contributed by atoms with Crippen LogP contribution in [-0.2, 0) is 4.79 Å². The van der Waals surface area contributed by atoms with Crippen LogP contribution in [0.4, 0.5) is 11.4 Å². The highest BCUT2D eigenvalue weighted by Gasteiger charge is 2.22. The Labute approximate surface area is 119 Å². The lowest BCUT2D eigenvalue weighted by Crippen LogP contribution is -2.35. The highest BCUT2D eigenvalue weighted by Crippen LogP contribution is 2.33. The van der Waals surface area contributed by atoms with Crippen LogP contribution < -0.4 is 15.0 Å². The molecule has 0 atom stereocenters. The first-order chi connectivity index (χ1) is 9.65. The highest BCUT2D eigenvalue weighted by molar-refractivity contribution is 7.07. The number of aromatic nitrogens is 1. The van der Waals surface area contributed by atoms with Crippen LogP contribution in [-0.4, -0.2) is 30.5 Å². The molecule has 0 spiro atoms. The van der Waals surface area contributed by atoms with Crippen LogP contribution in [0.2, 0.25) is 0 Å². The van der Waals surface area contributed by atoms with Gasteiger partial charge in [0.05, 0.1) is 11.2 Å². The maximum absolute atomic E-state index is 11.9. The lowest BCUT2D eigenvalue weighted by atomic mass is 10.2. The Morgan fingerprint density at radius 3 is 3.10 bits per heavy atom. The lowest BCUT2D eigenvalue weighted by Gasteiger charge is -2.26. The Balaban J connectivity index is 1.83. The van der Waals surface area contributed by atoms with E-state index in [1.54, 1.807) is 36.1 Å². The summed E-state index contributed by atoms with van der Waals surface area (Å²) in [5.41, 5.74) is 3.27. The molecule has 2 heterocycles. The largest absolute Gasteiger partial charge is 0.481 e. The van der Waals surface area contributed by atoms with Crippen LogP contribution >= 0.6 is 11.3 Å². The summed E-state index contributed by atoms with van der Waals surface area (Å²) in [7, 11) is 1.69. The van der Waals surface area contributed by atoms with Crippen LogP contribution in [0, 0.1) is 0 Å². The maximum Gasteiger partial charge on any atom is 0.275 e. The van der Waals surface area contributed by atoms with Gasteiger partial charge in [-0.2, -0.15) is 0 Å². The number of benzene rings is 1. The van der Waals surface area contributed by atoms with E-state index >= 15 is 0 Å². The first kappa shape index (κ1) is 12.6. The SMILES string of the molecule is CN1C(=O)COc2cc(NC(=O)c3cscn3)ccc21. The third kappa shape index (κ3) is 2.23. The summed E-state index contributed by atoms with van der Waals surface area (Å²) in [4.78, 5) is 28.9. The first-order valence-corrected chi connectivity index (χ1v) is 6.82. The Morgan fingerprint density at radius 2 is 2.35 bits per heavy atom. The zero-order valence-electron chi connectivity index (χ0n) is 10.6. The van der Waals surface area contributed by atoms with Crippen molar-refractivity contribution in [1.29, 1.82) is 0 Å². The molecule has 20 heavy (non-hydrogen) atoms. The summed E-state index contributed by atoms with van der Waals surface area (Å²) in [6, 6.07) is 5.16. The highest BCUT2D eigenvalue weighted by atomic mass is 32.1. The van der Waals surface area contributed by atoms with E-state index in [-0.39, 0.29) is 18.4 Å². The van der Waals surface area contributed by atoms with Crippen molar-refractivity contribution >= 4 is 34.5 Å². The Hall–Kier alpha value is -2.41. The van der Waals surface area contributed by atoms with Gasteiger partial charge in [0.1, 0.15) is 11.4 Å². The second kappa shape index (κ2) is 4.93. The minimum absolute atomic E-state index is 0.00693. The topological polar surface area (TPSA) is 71.5 Å². The molecule has 6 nitrogen and oxygen atoms in total. The van der Waals surface area contributed by atoms with E-state index in [0.29, 0.717) is 22.8 Å². The van der Waals surface area contributed by atoms with Crippen molar-refractivity contribution in [3.63, 3.8) is 0 Å². The number of anilines is 2. The molecule has 102 valence electrons. The van der Waals surface area contributed by atoms with Crippen molar-refractivity contribution in [3.8, 4) is 5.75 Å². The molecule has 1 aliphatic heterocycles. The average molecular weight is 289 g/mol. The molecular formula is C13H11N3O3S. The third-order valence-corrected chi connectivity index (χ3v) is 3.56. The first-order valence-electron chi connectivity index (χ1n) is 5.88. The van der Waals surface area contributed by atoms with Gasteiger partial charge in [0.25, 0.3) is 11.8 Å². The van der Waals surface area contributed by atoms with Gasteiger partial charge >= 0.3 is 0 Å². The summed E-state index contributed by atoms with van der Waals surface area (Å²) in [5, 5.41) is 4.42. The van der Waals surface area contributed by atoms with Gasteiger partial charge in [0.15, 0.2) is 6.61 Å². The molecule has 0 radical (unpaired) electrons. The quantitative estimate of drug-likeness (QED) is 0.914. The predicted octanol–water partition coefficient (Wildman–Crippen LogP) is 1.75. The molecule has 2 amide bonds. The molecule has 1 aromatic heterocycles. The molecular weight excluding hydrogens is 278 g/mol. The summed E-state index contributed by atoms with van der Waals surface area (Å²) in [5.74, 6) is 0.200. The zero-order valence-corrected chi connectivity index (χ0v) is 11.4. The molecule has 0 aliphatic carbocycles. The van der Waals surface area contributed by atoms with Crippen LogP contribution in [0.3, 0.4) is 0 Å². The van der Waals surface area contributed by atoms with Gasteiger partial charge in [0, 0.05) is 24.2 Å². The Bertz CT molecular complexity index is 670. The predicted molar refractivity (Wildman–Crippen MR) is 75.4 cm³/mol. The van der Waals surface area contributed by atoms with Crippen LogP contribution in [0.1, 0.15) is 10.5 Å². The van der Waals surface area contributed by atoms with Crippen molar-refractivity contribution in [2.45, 2.75) is 0 Å². The van der Waals surface area contributed by atoms with Crippen molar-refractivity contribution in [2.24, 2.45) is 0 Å². The number of hydrogen-bond donors (Lipinski definition) is 1. The van der Waals surface area contributed by atoms with Crippen molar-refractivity contribution in [2.75, 3.05) is 23.9 Å². The summed E-state index contributed by atoms with van der Waals surface area (Å²) in [6.07, 6.45) is 0. The third-order valence-electron chi connectivity index (χ3n) is 2.97. The number of hydrogen-bond acceptors (Lipinski definition) is 5. The normalized spacial score (nSPS) is 13.7. The fraction of sp³-hybridized carbons (Fsp3) is 0.154. The fourth-order valence-corrected chi connectivity index (χ4v) is 2.41. The number of thiazole rings is 1. The van der Waals surface area contributed by atoms with E-state index in [4.69, 9.17) is 4.74 Å². The van der Waals surface area contributed by atoms with Crippen LogP contribution in [0.15, 0.2) is 29.1 Å². The van der Waals surface area contributed by atoms with Gasteiger partial charge in [-0.3, -0.25) is 9.59 Å². The monoisotopic (exact) mass is 289 g/mol. The number of nitrogens with one attached hydrogen (secondary N) is 1. The standard InChI is InChI=1S/C13H11N3O3S/c1-16-10-3-2-8(4-11(10)19-5-12(16)17)15-13(18)9-6-20-7-14-9/h2-4,6-7H,5H2,1H3,(H,15,18). The number of likely N-dealkylation sites (N-methyl/N-ethyl adjacent to an activating group) is 1. The van der Waals surface area contributed by atoms with Gasteiger partial charge in [0.2, 0.25) is 0 Å². The van der Waals surface area contributed by atoms with Crippen LogP contribution in [0.25, 0.3) is 0 Å². The number of carbonyl (C=O) groups is 2. The van der Waals surface area contributed by atoms with Crippen molar-refractivity contribution < 1.29 is 14.3 Å². The molecule has 0 bridgehead atoms. The van der Waals surface area contributed by atoms with E-state index in [2.05, 4.69) is 10.3 Å². The molecule has 0 saturated heterocycles. The summed E-state index contributed by atoms with van der Waals surface area (Å²) < 4.78 is 5.36. The van der Waals surface area contributed by atoms with E-state index in [0.717, 1.165) is 0 Å². The molecule has 2 aromatic rings. The summed E-state index contributed by atoms with van der Waals surface area (Å²) >= 11 is 1.36. The minimum Gasteiger partial charge on any atom is -0.481 e. The second-order valence-corrected chi connectivity index (χ2v) is 4.97. The van der Waals surface area contributed by atoms with E-state index < -0.39 is 0 Å². The Kier molecular flexibility index (Phi) is 3.11. The van der Waals surface area contributed by atoms with E-state index in [1.807, 2.05) is 0 Å². The number of amides is 2. The zero-order chi connectivity index (χ0) is 14.1. The second-order valence-electron chi connectivity index (χ2n) is 4.25.